The van der Waals surface area contributed by atoms with Crippen LogP contribution in [-0.2, 0) is 22.8 Å². The number of aryl methyl sites for hydroxylation is 1. The second-order valence-corrected chi connectivity index (χ2v) is 9.16. The van der Waals surface area contributed by atoms with Crippen LogP contribution in [0.25, 0.3) is 0 Å². The summed E-state index contributed by atoms with van der Waals surface area (Å²) in [4.78, 5) is 6.29. The van der Waals surface area contributed by atoms with E-state index in [9.17, 15) is 17.2 Å². The topological polar surface area (TPSA) is 55.2 Å². The Morgan fingerprint density at radius 3 is 2.74 bits per heavy atom. The summed E-state index contributed by atoms with van der Waals surface area (Å²) in [7, 11) is -4.64. The number of anilines is 1. The molecule has 1 fully saturated rings. The average Bonchev–Trinajstić information content (AvgIpc) is 3.12. The summed E-state index contributed by atoms with van der Waals surface area (Å²) < 4.78 is 52.7. The summed E-state index contributed by atoms with van der Waals surface area (Å²) in [6.45, 7) is 2.21. The molecule has 2 aromatic rings. The summed E-state index contributed by atoms with van der Waals surface area (Å²) in [5, 5.41) is 0. The number of aromatic nitrogens is 2. The van der Waals surface area contributed by atoms with Gasteiger partial charge in [0.25, 0.3) is 0 Å². The minimum atomic E-state index is -4.64. The zero-order valence-electron chi connectivity index (χ0n) is 15.0. The molecule has 0 radical (unpaired) electrons. The molecule has 2 aliphatic heterocycles. The smallest absolute Gasteiger partial charge is 0.341 e. The molecule has 2 aliphatic rings. The SMILES string of the molecule is O=S(=O)(c1ccccc1N1CCCC(c2ncc3n2CCCC3)C1)C(F)F. The van der Waals surface area contributed by atoms with E-state index in [4.69, 9.17) is 0 Å². The first-order valence-corrected chi connectivity index (χ1v) is 10.9. The van der Waals surface area contributed by atoms with E-state index in [-0.39, 0.29) is 10.8 Å². The number of rotatable bonds is 4. The highest BCUT2D eigenvalue weighted by Gasteiger charge is 2.33. The number of benzene rings is 1. The molecule has 8 heteroatoms. The van der Waals surface area contributed by atoms with Crippen molar-refractivity contribution in [3.05, 3.63) is 42.0 Å². The Balaban J connectivity index is 1.64. The normalized spacial score (nSPS) is 20.7. The van der Waals surface area contributed by atoms with Gasteiger partial charge in [-0.15, -0.1) is 0 Å². The number of imidazole rings is 1. The second-order valence-electron chi connectivity index (χ2n) is 7.28. The van der Waals surface area contributed by atoms with Gasteiger partial charge in [-0.1, -0.05) is 12.1 Å². The third kappa shape index (κ3) is 3.35. The van der Waals surface area contributed by atoms with Crippen LogP contribution in [0, 0.1) is 0 Å². The fourth-order valence-corrected chi connectivity index (χ4v) is 5.20. The van der Waals surface area contributed by atoms with E-state index in [0.29, 0.717) is 18.8 Å². The number of sulfone groups is 1. The number of para-hydroxylation sites is 1. The Kier molecular flexibility index (Phi) is 4.92. The van der Waals surface area contributed by atoms with E-state index in [1.54, 1.807) is 12.1 Å². The molecule has 1 aromatic carbocycles. The van der Waals surface area contributed by atoms with Crippen molar-refractivity contribution in [2.24, 2.45) is 0 Å². The number of hydrogen-bond acceptors (Lipinski definition) is 4. The van der Waals surface area contributed by atoms with Crippen molar-refractivity contribution < 1.29 is 17.2 Å². The van der Waals surface area contributed by atoms with E-state index in [1.807, 2.05) is 11.1 Å². The third-order valence-corrected chi connectivity index (χ3v) is 6.99. The van der Waals surface area contributed by atoms with Crippen LogP contribution in [0.5, 0.6) is 0 Å². The summed E-state index contributed by atoms with van der Waals surface area (Å²) >= 11 is 0. The molecule has 1 saturated heterocycles. The van der Waals surface area contributed by atoms with E-state index >= 15 is 0 Å². The van der Waals surface area contributed by atoms with Gasteiger partial charge < -0.3 is 9.47 Å². The van der Waals surface area contributed by atoms with Gasteiger partial charge in [-0.3, -0.25) is 0 Å². The van der Waals surface area contributed by atoms with E-state index < -0.39 is 15.6 Å². The highest BCUT2D eigenvalue weighted by atomic mass is 32.2. The highest BCUT2D eigenvalue weighted by Crippen LogP contribution is 2.35. The molecule has 1 unspecified atom stereocenters. The molecular weight excluding hydrogens is 372 g/mol. The maximum Gasteiger partial charge on any atom is 0.341 e. The number of halogens is 2. The van der Waals surface area contributed by atoms with Gasteiger partial charge in [0.2, 0.25) is 9.84 Å². The van der Waals surface area contributed by atoms with Crippen molar-refractivity contribution in [2.45, 2.75) is 55.2 Å². The van der Waals surface area contributed by atoms with Gasteiger partial charge >= 0.3 is 5.76 Å². The first-order valence-electron chi connectivity index (χ1n) is 9.39. The zero-order chi connectivity index (χ0) is 19.0. The molecule has 5 nitrogen and oxygen atoms in total. The van der Waals surface area contributed by atoms with Crippen LogP contribution in [0.15, 0.2) is 35.4 Å². The molecule has 0 saturated carbocycles. The number of piperidine rings is 1. The predicted molar refractivity (Wildman–Crippen MR) is 99.0 cm³/mol. The van der Waals surface area contributed by atoms with Gasteiger partial charge in [-0.05, 0) is 44.2 Å². The minimum absolute atomic E-state index is 0.174. The second kappa shape index (κ2) is 7.22. The monoisotopic (exact) mass is 395 g/mol. The molecule has 0 bridgehead atoms. The van der Waals surface area contributed by atoms with Crippen LogP contribution in [0.1, 0.15) is 43.1 Å². The Morgan fingerprint density at radius 2 is 1.93 bits per heavy atom. The maximum atomic E-state index is 13.1. The van der Waals surface area contributed by atoms with E-state index in [2.05, 4.69) is 9.55 Å². The summed E-state index contributed by atoms with van der Waals surface area (Å²) in [5.41, 5.74) is 1.63. The lowest BCUT2D eigenvalue weighted by Gasteiger charge is -2.35. The van der Waals surface area contributed by atoms with Gasteiger partial charge in [-0.2, -0.15) is 8.78 Å². The third-order valence-electron chi connectivity index (χ3n) is 5.57. The maximum absolute atomic E-state index is 13.1. The fourth-order valence-electron chi connectivity index (χ4n) is 4.25. The molecule has 3 heterocycles. The van der Waals surface area contributed by atoms with Crippen LogP contribution < -0.4 is 4.90 Å². The molecule has 4 rings (SSSR count). The molecule has 1 atom stereocenters. The van der Waals surface area contributed by atoms with Crippen LogP contribution >= 0.6 is 0 Å². The van der Waals surface area contributed by atoms with Crippen molar-refractivity contribution in [3.63, 3.8) is 0 Å². The number of hydrogen-bond donors (Lipinski definition) is 0. The molecular formula is C19H23F2N3O2S. The lowest BCUT2D eigenvalue weighted by atomic mass is 9.96. The first-order chi connectivity index (χ1) is 13.0. The Labute approximate surface area is 157 Å². The van der Waals surface area contributed by atoms with Gasteiger partial charge in [0, 0.05) is 37.4 Å². The summed E-state index contributed by atoms with van der Waals surface area (Å²) in [6, 6.07) is 6.09. The number of nitrogens with zero attached hydrogens (tertiary/aromatic N) is 3. The quantitative estimate of drug-likeness (QED) is 0.794. The molecule has 27 heavy (non-hydrogen) atoms. The molecule has 0 aliphatic carbocycles. The van der Waals surface area contributed by atoms with Gasteiger partial charge in [0.1, 0.15) is 5.82 Å². The van der Waals surface area contributed by atoms with Crippen molar-refractivity contribution in [2.75, 3.05) is 18.0 Å². The Bertz CT molecular complexity index is 927. The molecule has 1 aromatic heterocycles. The van der Waals surface area contributed by atoms with Crippen LogP contribution in [0.2, 0.25) is 0 Å². The fraction of sp³-hybridized carbons (Fsp3) is 0.526. The van der Waals surface area contributed by atoms with Crippen LogP contribution in [0.3, 0.4) is 0 Å². The van der Waals surface area contributed by atoms with Crippen molar-refractivity contribution >= 4 is 15.5 Å². The van der Waals surface area contributed by atoms with E-state index in [0.717, 1.165) is 38.1 Å². The van der Waals surface area contributed by atoms with Gasteiger partial charge in [0.15, 0.2) is 0 Å². The Hall–Kier alpha value is -1.96. The van der Waals surface area contributed by atoms with Crippen molar-refractivity contribution in [1.82, 2.24) is 9.55 Å². The molecule has 0 N–H and O–H groups in total. The largest absolute Gasteiger partial charge is 0.370 e. The van der Waals surface area contributed by atoms with Crippen LogP contribution in [0.4, 0.5) is 14.5 Å². The number of fused-ring (bicyclic) bond motifs is 1. The van der Waals surface area contributed by atoms with Gasteiger partial charge in [-0.25, -0.2) is 13.4 Å². The lowest BCUT2D eigenvalue weighted by molar-refractivity contribution is 0.234. The predicted octanol–water partition coefficient (Wildman–Crippen LogP) is 3.60. The van der Waals surface area contributed by atoms with Gasteiger partial charge in [0.05, 0.1) is 10.6 Å². The van der Waals surface area contributed by atoms with Crippen LogP contribution in [-0.4, -0.2) is 36.8 Å². The summed E-state index contributed by atoms with van der Waals surface area (Å²) in [6.07, 6.45) is 7.15. The molecule has 0 amide bonds. The van der Waals surface area contributed by atoms with E-state index in [1.165, 1.54) is 24.2 Å². The average molecular weight is 395 g/mol. The summed E-state index contributed by atoms with van der Waals surface area (Å²) in [5.74, 6) is -2.20. The number of alkyl halides is 2. The van der Waals surface area contributed by atoms with Crippen molar-refractivity contribution in [1.29, 1.82) is 0 Å². The Morgan fingerprint density at radius 1 is 1.11 bits per heavy atom. The molecule has 146 valence electrons. The first kappa shape index (κ1) is 18.4. The van der Waals surface area contributed by atoms with Crippen molar-refractivity contribution in [3.8, 4) is 0 Å². The zero-order valence-corrected chi connectivity index (χ0v) is 15.8. The standard InChI is InChI=1S/C19H23F2N3O2S/c20-19(21)27(25,26)17-9-2-1-8-16(17)23-10-5-6-14(13-23)18-22-12-15-7-3-4-11-24(15)18/h1-2,8-9,12,14,19H,3-7,10-11,13H2. The minimum Gasteiger partial charge on any atom is -0.370 e. The molecule has 0 spiro atoms. The lowest BCUT2D eigenvalue weighted by Crippen LogP contribution is -2.36. The highest BCUT2D eigenvalue weighted by molar-refractivity contribution is 7.91.